The lowest BCUT2D eigenvalue weighted by molar-refractivity contribution is -0.140. The number of amides is 2. The van der Waals surface area contributed by atoms with E-state index in [0.29, 0.717) is 5.69 Å². The summed E-state index contributed by atoms with van der Waals surface area (Å²) in [6.45, 7) is 1.54. The number of nitrogens with zero attached hydrogens (tertiary/aromatic N) is 2. The molecule has 1 atom stereocenters. The number of rotatable bonds is 12. The maximum atomic E-state index is 14.6. The van der Waals surface area contributed by atoms with Crippen molar-refractivity contribution in [3.63, 3.8) is 0 Å². The van der Waals surface area contributed by atoms with Crippen molar-refractivity contribution < 1.29 is 18.0 Å². The highest BCUT2D eigenvalue weighted by molar-refractivity contribution is 9.10. The SMILES string of the molecule is Cc1ccc(S(=O)(=O)N(CC(=O)N(Cc2cccc(Br)c2)[C@@H](Cc2ccccc2)C(=O)NC2CCCCC2)c2ccccc2)cc1. The molecular weight excluding hydrogens is 662 g/mol. The molecule has 1 saturated carbocycles. The first kappa shape index (κ1) is 33.4. The van der Waals surface area contributed by atoms with E-state index >= 15 is 0 Å². The third kappa shape index (κ3) is 8.65. The van der Waals surface area contributed by atoms with E-state index < -0.39 is 28.5 Å². The Kier molecular flexibility index (Phi) is 11.3. The van der Waals surface area contributed by atoms with E-state index in [-0.39, 0.29) is 29.8 Å². The monoisotopic (exact) mass is 701 g/mol. The number of para-hydroxylation sites is 1. The molecule has 240 valence electrons. The lowest BCUT2D eigenvalue weighted by atomic mass is 9.94. The summed E-state index contributed by atoms with van der Waals surface area (Å²) in [5.41, 5.74) is 3.02. The van der Waals surface area contributed by atoms with Crippen LogP contribution in [0.25, 0.3) is 0 Å². The number of aryl methyl sites for hydroxylation is 1. The molecule has 0 unspecified atom stereocenters. The van der Waals surface area contributed by atoms with Crippen LogP contribution in [0.1, 0.15) is 48.8 Å². The molecule has 1 fully saturated rings. The van der Waals surface area contributed by atoms with Crippen molar-refractivity contribution in [2.24, 2.45) is 0 Å². The number of benzene rings is 4. The number of sulfonamides is 1. The van der Waals surface area contributed by atoms with Gasteiger partial charge in [0.25, 0.3) is 10.0 Å². The summed E-state index contributed by atoms with van der Waals surface area (Å²) in [5, 5.41) is 3.24. The number of nitrogens with one attached hydrogen (secondary N) is 1. The molecule has 5 rings (SSSR count). The Morgan fingerprint density at radius 1 is 0.826 bits per heavy atom. The lowest BCUT2D eigenvalue weighted by Crippen LogP contribution is -2.55. The van der Waals surface area contributed by atoms with E-state index in [1.54, 1.807) is 59.5 Å². The summed E-state index contributed by atoms with van der Waals surface area (Å²) >= 11 is 3.53. The van der Waals surface area contributed by atoms with Crippen LogP contribution in [-0.4, -0.2) is 43.8 Å². The maximum absolute atomic E-state index is 14.6. The van der Waals surface area contributed by atoms with Gasteiger partial charge in [0.1, 0.15) is 12.6 Å². The Morgan fingerprint density at radius 2 is 1.46 bits per heavy atom. The van der Waals surface area contributed by atoms with E-state index in [0.717, 1.165) is 57.6 Å². The van der Waals surface area contributed by atoms with Crippen LogP contribution >= 0.6 is 15.9 Å². The van der Waals surface area contributed by atoms with Crippen LogP contribution in [0.2, 0.25) is 0 Å². The summed E-state index contributed by atoms with van der Waals surface area (Å²) < 4.78 is 30.3. The fourth-order valence-corrected chi connectivity index (χ4v) is 7.75. The summed E-state index contributed by atoms with van der Waals surface area (Å²) in [6, 6.07) is 31.6. The summed E-state index contributed by atoms with van der Waals surface area (Å²) in [6.07, 6.45) is 5.35. The van der Waals surface area contributed by atoms with Crippen molar-refractivity contribution >= 4 is 43.5 Å². The highest BCUT2D eigenvalue weighted by atomic mass is 79.9. The molecule has 0 aliphatic heterocycles. The number of hydrogen-bond acceptors (Lipinski definition) is 4. The minimum atomic E-state index is -4.13. The number of carbonyl (C=O) groups is 2. The molecule has 1 N–H and O–H groups in total. The third-order valence-electron chi connectivity index (χ3n) is 8.40. The van der Waals surface area contributed by atoms with Crippen LogP contribution in [0.5, 0.6) is 0 Å². The minimum absolute atomic E-state index is 0.0464. The van der Waals surface area contributed by atoms with Gasteiger partial charge in [0.15, 0.2) is 0 Å². The van der Waals surface area contributed by atoms with Crippen LogP contribution in [-0.2, 0) is 32.6 Å². The maximum Gasteiger partial charge on any atom is 0.264 e. The molecule has 2 amide bonds. The van der Waals surface area contributed by atoms with E-state index in [1.165, 1.54) is 0 Å². The number of anilines is 1. The molecule has 0 saturated heterocycles. The van der Waals surface area contributed by atoms with Crippen LogP contribution in [0, 0.1) is 6.92 Å². The Labute approximate surface area is 280 Å². The Bertz CT molecular complexity index is 1710. The van der Waals surface area contributed by atoms with E-state index in [4.69, 9.17) is 0 Å². The molecule has 46 heavy (non-hydrogen) atoms. The van der Waals surface area contributed by atoms with Crippen molar-refractivity contribution in [2.45, 2.75) is 69.0 Å². The van der Waals surface area contributed by atoms with Gasteiger partial charge < -0.3 is 10.2 Å². The quantitative estimate of drug-likeness (QED) is 0.172. The minimum Gasteiger partial charge on any atom is -0.352 e. The topological polar surface area (TPSA) is 86.8 Å². The second kappa shape index (κ2) is 15.6. The van der Waals surface area contributed by atoms with Crippen LogP contribution in [0.4, 0.5) is 5.69 Å². The molecule has 1 aliphatic rings. The zero-order valence-corrected chi connectivity index (χ0v) is 28.4. The Hall–Kier alpha value is -3.95. The molecule has 9 heteroatoms. The van der Waals surface area contributed by atoms with Gasteiger partial charge in [-0.3, -0.25) is 13.9 Å². The van der Waals surface area contributed by atoms with Gasteiger partial charge in [0.2, 0.25) is 11.8 Å². The van der Waals surface area contributed by atoms with Crippen molar-refractivity contribution in [3.8, 4) is 0 Å². The van der Waals surface area contributed by atoms with Gasteiger partial charge in [0, 0.05) is 23.5 Å². The van der Waals surface area contributed by atoms with Gasteiger partial charge >= 0.3 is 0 Å². The number of carbonyl (C=O) groups excluding carboxylic acids is 2. The first-order valence-corrected chi connectivity index (χ1v) is 18.0. The fraction of sp³-hybridized carbons (Fsp3) is 0.297. The highest BCUT2D eigenvalue weighted by Crippen LogP contribution is 2.26. The van der Waals surface area contributed by atoms with Crippen molar-refractivity contribution in [1.82, 2.24) is 10.2 Å². The normalized spacial score (nSPS) is 14.3. The van der Waals surface area contributed by atoms with Crippen LogP contribution in [0.3, 0.4) is 0 Å². The fourth-order valence-electron chi connectivity index (χ4n) is 5.89. The van der Waals surface area contributed by atoms with Gasteiger partial charge in [-0.2, -0.15) is 0 Å². The van der Waals surface area contributed by atoms with E-state index in [1.807, 2.05) is 61.5 Å². The summed E-state index contributed by atoms with van der Waals surface area (Å²) in [4.78, 5) is 30.4. The predicted molar refractivity (Wildman–Crippen MR) is 186 cm³/mol. The molecule has 0 bridgehead atoms. The number of hydrogen-bond donors (Lipinski definition) is 1. The molecule has 0 radical (unpaired) electrons. The average molecular weight is 703 g/mol. The van der Waals surface area contributed by atoms with Crippen molar-refractivity contribution in [2.75, 3.05) is 10.8 Å². The molecule has 4 aromatic carbocycles. The molecule has 0 spiro atoms. The zero-order chi connectivity index (χ0) is 32.5. The van der Waals surface area contributed by atoms with Gasteiger partial charge in [0.05, 0.1) is 10.6 Å². The number of halogens is 1. The smallest absolute Gasteiger partial charge is 0.264 e. The van der Waals surface area contributed by atoms with Gasteiger partial charge in [-0.1, -0.05) is 114 Å². The Balaban J connectivity index is 1.55. The molecular formula is C37H40BrN3O4S. The van der Waals surface area contributed by atoms with Crippen molar-refractivity contribution in [1.29, 1.82) is 0 Å². The van der Waals surface area contributed by atoms with E-state index in [9.17, 15) is 18.0 Å². The second-order valence-electron chi connectivity index (χ2n) is 11.9. The predicted octanol–water partition coefficient (Wildman–Crippen LogP) is 7.04. The van der Waals surface area contributed by atoms with E-state index in [2.05, 4.69) is 21.2 Å². The van der Waals surface area contributed by atoms with Crippen LogP contribution in [0.15, 0.2) is 119 Å². The first-order chi connectivity index (χ1) is 22.2. The molecule has 0 aromatic heterocycles. The first-order valence-electron chi connectivity index (χ1n) is 15.7. The third-order valence-corrected chi connectivity index (χ3v) is 10.7. The summed E-state index contributed by atoms with van der Waals surface area (Å²) in [5.74, 6) is -0.703. The van der Waals surface area contributed by atoms with Crippen LogP contribution < -0.4 is 9.62 Å². The molecule has 7 nitrogen and oxygen atoms in total. The van der Waals surface area contributed by atoms with Gasteiger partial charge in [-0.15, -0.1) is 0 Å². The largest absolute Gasteiger partial charge is 0.352 e. The standard InChI is InChI=1S/C37H40BrN3O4S/c1-28-20-22-34(23-21-28)46(44,45)41(33-18-9-4-10-19-33)27-36(42)40(26-30-14-11-15-31(38)24-30)35(25-29-12-5-2-6-13-29)37(43)39-32-16-7-3-8-17-32/h2,4-6,9-15,18-24,32,35H,3,7-8,16-17,25-27H2,1H3,(H,39,43)/t35-/m0/s1. The zero-order valence-electron chi connectivity index (χ0n) is 26.0. The molecule has 1 aliphatic carbocycles. The lowest BCUT2D eigenvalue weighted by Gasteiger charge is -2.35. The Morgan fingerprint density at radius 3 is 2.11 bits per heavy atom. The molecule has 4 aromatic rings. The second-order valence-corrected chi connectivity index (χ2v) is 14.6. The van der Waals surface area contributed by atoms with Gasteiger partial charge in [-0.05, 0) is 67.3 Å². The molecule has 0 heterocycles. The van der Waals surface area contributed by atoms with Gasteiger partial charge in [-0.25, -0.2) is 8.42 Å². The summed E-state index contributed by atoms with van der Waals surface area (Å²) in [7, 11) is -4.13. The van der Waals surface area contributed by atoms with Crippen molar-refractivity contribution in [3.05, 3.63) is 130 Å². The average Bonchev–Trinajstić information content (AvgIpc) is 3.06. The highest BCUT2D eigenvalue weighted by Gasteiger charge is 2.35.